The molecule has 0 spiro atoms. The van der Waals surface area contributed by atoms with Gasteiger partial charge in [-0.25, -0.2) is 9.50 Å². The van der Waals surface area contributed by atoms with Gasteiger partial charge in [0.1, 0.15) is 18.7 Å². The molecule has 108 valence electrons. The van der Waals surface area contributed by atoms with E-state index in [0.717, 1.165) is 22.8 Å². The van der Waals surface area contributed by atoms with E-state index in [4.69, 9.17) is 4.74 Å². The zero-order valence-corrected chi connectivity index (χ0v) is 11.4. The highest BCUT2D eigenvalue weighted by Crippen LogP contribution is 2.15. The SMILES string of the molecule is c1cc(COc2ccc(-n3ncnn3)cc2)n2ncnc2c1. The molecule has 0 aliphatic rings. The zero-order valence-electron chi connectivity index (χ0n) is 11.4. The molecule has 0 N–H and O–H groups in total. The van der Waals surface area contributed by atoms with Crippen molar-refractivity contribution in [2.45, 2.75) is 6.61 Å². The monoisotopic (exact) mass is 293 g/mol. The second-order valence-electron chi connectivity index (χ2n) is 4.56. The highest BCUT2D eigenvalue weighted by Gasteiger charge is 2.04. The predicted octanol–water partition coefficient (Wildman–Crippen LogP) is 1.28. The van der Waals surface area contributed by atoms with E-state index in [-0.39, 0.29) is 0 Å². The van der Waals surface area contributed by atoms with Gasteiger partial charge in [-0.2, -0.15) is 5.10 Å². The summed E-state index contributed by atoms with van der Waals surface area (Å²) in [4.78, 5) is 5.59. The second kappa shape index (κ2) is 5.24. The van der Waals surface area contributed by atoms with Crippen molar-refractivity contribution in [1.29, 1.82) is 0 Å². The first kappa shape index (κ1) is 12.5. The molecule has 0 bridgehead atoms. The van der Waals surface area contributed by atoms with Crippen LogP contribution in [0.2, 0.25) is 0 Å². The number of tetrazole rings is 1. The Bertz CT molecular complexity index is 883. The first-order chi connectivity index (χ1) is 10.9. The first-order valence-electron chi connectivity index (χ1n) is 6.64. The summed E-state index contributed by atoms with van der Waals surface area (Å²) >= 11 is 0. The molecule has 4 aromatic rings. The Hall–Kier alpha value is -3.29. The molecule has 0 aliphatic carbocycles. The number of fused-ring (bicyclic) bond motifs is 1. The van der Waals surface area contributed by atoms with E-state index in [1.807, 2.05) is 42.5 Å². The van der Waals surface area contributed by atoms with Gasteiger partial charge in [-0.1, -0.05) is 6.07 Å². The van der Waals surface area contributed by atoms with Crippen molar-refractivity contribution in [2.24, 2.45) is 0 Å². The minimum absolute atomic E-state index is 0.404. The molecule has 1 aromatic carbocycles. The summed E-state index contributed by atoms with van der Waals surface area (Å²) in [5.41, 5.74) is 2.55. The second-order valence-corrected chi connectivity index (χ2v) is 4.56. The maximum Gasteiger partial charge on any atom is 0.162 e. The summed E-state index contributed by atoms with van der Waals surface area (Å²) in [5, 5.41) is 15.7. The number of rotatable bonds is 4. The summed E-state index contributed by atoms with van der Waals surface area (Å²) in [7, 11) is 0. The first-order valence-corrected chi connectivity index (χ1v) is 6.64. The molecule has 4 rings (SSSR count). The van der Waals surface area contributed by atoms with Gasteiger partial charge in [0.2, 0.25) is 0 Å². The normalized spacial score (nSPS) is 10.9. The molecule has 0 unspecified atom stereocenters. The number of benzene rings is 1. The number of aromatic nitrogens is 7. The van der Waals surface area contributed by atoms with Crippen molar-refractivity contribution < 1.29 is 4.74 Å². The molecule has 8 heteroatoms. The molecular weight excluding hydrogens is 282 g/mol. The predicted molar refractivity (Wildman–Crippen MR) is 76.5 cm³/mol. The van der Waals surface area contributed by atoms with E-state index in [1.165, 1.54) is 17.5 Å². The zero-order chi connectivity index (χ0) is 14.8. The van der Waals surface area contributed by atoms with Gasteiger partial charge >= 0.3 is 0 Å². The molecule has 0 fully saturated rings. The van der Waals surface area contributed by atoms with Crippen LogP contribution in [0.1, 0.15) is 5.69 Å². The molecule has 3 aromatic heterocycles. The van der Waals surface area contributed by atoms with Crippen molar-refractivity contribution in [2.75, 3.05) is 0 Å². The molecule has 0 radical (unpaired) electrons. The van der Waals surface area contributed by atoms with Crippen molar-refractivity contribution >= 4 is 5.65 Å². The summed E-state index contributed by atoms with van der Waals surface area (Å²) in [5.74, 6) is 0.751. The average molecular weight is 293 g/mol. The topological polar surface area (TPSA) is 83.0 Å². The molecule has 22 heavy (non-hydrogen) atoms. The fourth-order valence-electron chi connectivity index (χ4n) is 2.13. The molecule has 8 nitrogen and oxygen atoms in total. The molecular formula is C14H11N7O. The summed E-state index contributed by atoms with van der Waals surface area (Å²) in [6.45, 7) is 0.404. The minimum atomic E-state index is 0.404. The van der Waals surface area contributed by atoms with Crippen molar-refractivity contribution in [3.8, 4) is 11.4 Å². The van der Waals surface area contributed by atoms with E-state index in [2.05, 4.69) is 25.5 Å². The molecule has 0 saturated heterocycles. The quantitative estimate of drug-likeness (QED) is 0.563. The van der Waals surface area contributed by atoms with E-state index >= 15 is 0 Å². The van der Waals surface area contributed by atoms with Gasteiger partial charge in [-0.05, 0) is 41.6 Å². The maximum atomic E-state index is 5.79. The Morgan fingerprint density at radius 3 is 2.68 bits per heavy atom. The van der Waals surface area contributed by atoms with Crippen LogP contribution in [0, 0.1) is 0 Å². The van der Waals surface area contributed by atoms with E-state index in [0.29, 0.717) is 6.61 Å². The number of hydrogen-bond donors (Lipinski definition) is 0. The van der Waals surface area contributed by atoms with Crippen LogP contribution in [0.4, 0.5) is 0 Å². The highest BCUT2D eigenvalue weighted by atomic mass is 16.5. The van der Waals surface area contributed by atoms with Crippen LogP contribution in [-0.4, -0.2) is 34.8 Å². The molecule has 0 atom stereocenters. The Kier molecular flexibility index (Phi) is 2.97. The Morgan fingerprint density at radius 1 is 0.955 bits per heavy atom. The van der Waals surface area contributed by atoms with Gasteiger partial charge in [-0.3, -0.25) is 0 Å². The number of pyridine rings is 1. The van der Waals surface area contributed by atoms with Gasteiger partial charge in [0, 0.05) is 0 Å². The molecule has 0 aliphatic heterocycles. The highest BCUT2D eigenvalue weighted by molar-refractivity contribution is 5.38. The van der Waals surface area contributed by atoms with Gasteiger partial charge < -0.3 is 4.74 Å². The maximum absolute atomic E-state index is 5.79. The van der Waals surface area contributed by atoms with Crippen LogP contribution in [0.5, 0.6) is 5.75 Å². The standard InChI is InChI=1S/C14H11N7O/c1-2-12(20-14(3-1)15-9-17-20)8-22-13-6-4-11(5-7-13)21-18-10-16-19-21/h1-7,9-10H,8H2. The van der Waals surface area contributed by atoms with Crippen LogP contribution in [-0.2, 0) is 6.61 Å². The number of hydrogen-bond acceptors (Lipinski definition) is 6. The van der Waals surface area contributed by atoms with E-state index < -0.39 is 0 Å². The lowest BCUT2D eigenvalue weighted by Crippen LogP contribution is -2.04. The number of nitrogens with zero attached hydrogens (tertiary/aromatic N) is 7. The summed E-state index contributed by atoms with van der Waals surface area (Å²) in [6.07, 6.45) is 2.92. The molecule has 0 amide bonds. The van der Waals surface area contributed by atoms with Gasteiger partial charge in [0.25, 0.3) is 0 Å². The lowest BCUT2D eigenvalue weighted by molar-refractivity contribution is 0.298. The van der Waals surface area contributed by atoms with Crippen LogP contribution < -0.4 is 4.74 Å². The van der Waals surface area contributed by atoms with Crippen LogP contribution in [0.25, 0.3) is 11.3 Å². The minimum Gasteiger partial charge on any atom is -0.487 e. The van der Waals surface area contributed by atoms with Crippen molar-refractivity contribution in [3.05, 3.63) is 60.8 Å². The Balaban J connectivity index is 1.51. The Morgan fingerprint density at radius 2 is 1.86 bits per heavy atom. The van der Waals surface area contributed by atoms with Crippen molar-refractivity contribution in [1.82, 2.24) is 34.8 Å². The van der Waals surface area contributed by atoms with Crippen LogP contribution >= 0.6 is 0 Å². The van der Waals surface area contributed by atoms with Crippen molar-refractivity contribution in [3.63, 3.8) is 0 Å². The summed E-state index contributed by atoms with van der Waals surface area (Å²) < 4.78 is 7.55. The lowest BCUT2D eigenvalue weighted by Gasteiger charge is -2.08. The summed E-state index contributed by atoms with van der Waals surface area (Å²) in [6, 6.07) is 13.2. The largest absolute Gasteiger partial charge is 0.487 e. The van der Waals surface area contributed by atoms with Gasteiger partial charge in [0.15, 0.2) is 12.0 Å². The molecule has 0 saturated carbocycles. The van der Waals surface area contributed by atoms with Gasteiger partial charge in [-0.15, -0.1) is 15.0 Å². The molecule has 3 heterocycles. The smallest absolute Gasteiger partial charge is 0.162 e. The lowest BCUT2D eigenvalue weighted by atomic mass is 10.3. The third-order valence-electron chi connectivity index (χ3n) is 3.18. The van der Waals surface area contributed by atoms with Crippen LogP contribution in [0.15, 0.2) is 55.1 Å². The number of ether oxygens (including phenoxy) is 1. The van der Waals surface area contributed by atoms with E-state index in [1.54, 1.807) is 4.52 Å². The fourth-order valence-corrected chi connectivity index (χ4v) is 2.13. The third kappa shape index (κ3) is 2.26. The average Bonchev–Trinajstić information content (AvgIpc) is 3.24. The van der Waals surface area contributed by atoms with Crippen LogP contribution in [0.3, 0.4) is 0 Å². The van der Waals surface area contributed by atoms with E-state index in [9.17, 15) is 0 Å². The fraction of sp³-hybridized carbons (Fsp3) is 0.0714. The Labute approximate surface area is 125 Å². The third-order valence-corrected chi connectivity index (χ3v) is 3.18. The van der Waals surface area contributed by atoms with Gasteiger partial charge in [0.05, 0.1) is 11.4 Å².